The maximum atomic E-state index is 11.8. The lowest BCUT2D eigenvalue weighted by atomic mass is 9.98. The number of alkyl carbamates (subject to hydrolysis) is 1. The van der Waals surface area contributed by atoms with E-state index in [0.717, 1.165) is 5.57 Å². The van der Waals surface area contributed by atoms with E-state index in [1.54, 1.807) is 0 Å². The van der Waals surface area contributed by atoms with Crippen molar-refractivity contribution in [3.8, 4) is 0 Å². The fourth-order valence-electron chi connectivity index (χ4n) is 1.76. The summed E-state index contributed by atoms with van der Waals surface area (Å²) in [7, 11) is 0. The van der Waals surface area contributed by atoms with E-state index in [-0.39, 0.29) is 11.9 Å². The normalized spacial score (nSPS) is 19.1. The van der Waals surface area contributed by atoms with Crippen LogP contribution in [-0.2, 0) is 9.53 Å². The predicted octanol–water partition coefficient (Wildman–Crippen LogP) is 2.25. The number of hydrogen-bond donors (Lipinski definition) is 2. The molecule has 19 heavy (non-hydrogen) atoms. The Balaban J connectivity index is 2.70. The van der Waals surface area contributed by atoms with Gasteiger partial charge in [-0.1, -0.05) is 11.6 Å². The summed E-state index contributed by atoms with van der Waals surface area (Å²) in [6.45, 7) is 8.84. The molecule has 5 nitrogen and oxygen atoms in total. The number of ether oxygens (including phenoxy) is 1. The van der Waals surface area contributed by atoms with E-state index in [1.807, 2.05) is 39.8 Å². The number of carbonyl (C=O) groups excluding carboxylic acids is 2. The SMILES string of the molecule is CC(=O)NC1=CC=C(C)CC1NC(=O)OC(C)(C)C. The molecule has 0 saturated carbocycles. The van der Waals surface area contributed by atoms with Crippen molar-refractivity contribution in [3.63, 3.8) is 0 Å². The third kappa shape index (κ3) is 5.59. The highest BCUT2D eigenvalue weighted by Gasteiger charge is 2.24. The fourth-order valence-corrected chi connectivity index (χ4v) is 1.76. The zero-order valence-corrected chi connectivity index (χ0v) is 12.2. The van der Waals surface area contributed by atoms with Crippen LogP contribution in [0.1, 0.15) is 41.0 Å². The van der Waals surface area contributed by atoms with Gasteiger partial charge in [0.15, 0.2) is 0 Å². The lowest BCUT2D eigenvalue weighted by Crippen LogP contribution is -2.44. The largest absolute Gasteiger partial charge is 0.444 e. The summed E-state index contributed by atoms with van der Waals surface area (Å²) in [6.07, 6.45) is 3.91. The van der Waals surface area contributed by atoms with Gasteiger partial charge in [-0.3, -0.25) is 4.79 Å². The Bertz CT molecular complexity index is 430. The lowest BCUT2D eigenvalue weighted by Gasteiger charge is -2.27. The van der Waals surface area contributed by atoms with Crippen LogP contribution in [0.25, 0.3) is 0 Å². The average Bonchev–Trinajstić information content (AvgIpc) is 2.18. The fraction of sp³-hybridized carbons (Fsp3) is 0.571. The summed E-state index contributed by atoms with van der Waals surface area (Å²) in [4.78, 5) is 22.9. The van der Waals surface area contributed by atoms with Gasteiger partial charge in [0, 0.05) is 12.6 Å². The Kier molecular flexibility index (Phi) is 4.75. The second-order valence-electron chi connectivity index (χ2n) is 5.72. The first-order chi connectivity index (χ1) is 8.67. The molecule has 0 aromatic carbocycles. The van der Waals surface area contributed by atoms with E-state index in [0.29, 0.717) is 12.1 Å². The summed E-state index contributed by atoms with van der Waals surface area (Å²) in [6, 6.07) is -0.260. The van der Waals surface area contributed by atoms with Gasteiger partial charge in [0.2, 0.25) is 5.91 Å². The van der Waals surface area contributed by atoms with Gasteiger partial charge in [0.1, 0.15) is 5.60 Å². The molecule has 0 aromatic rings. The van der Waals surface area contributed by atoms with Crippen molar-refractivity contribution >= 4 is 12.0 Å². The first-order valence-corrected chi connectivity index (χ1v) is 6.32. The molecular weight excluding hydrogens is 244 g/mol. The van der Waals surface area contributed by atoms with Crippen molar-refractivity contribution in [2.24, 2.45) is 0 Å². The minimum Gasteiger partial charge on any atom is -0.444 e. The number of carbonyl (C=O) groups is 2. The minimum atomic E-state index is -0.540. The van der Waals surface area contributed by atoms with Crippen LogP contribution >= 0.6 is 0 Å². The zero-order chi connectivity index (χ0) is 14.6. The van der Waals surface area contributed by atoms with Crippen LogP contribution in [0.5, 0.6) is 0 Å². The summed E-state index contributed by atoms with van der Waals surface area (Å²) in [5.74, 6) is -0.157. The van der Waals surface area contributed by atoms with E-state index in [9.17, 15) is 9.59 Å². The van der Waals surface area contributed by atoms with Gasteiger partial charge in [0.25, 0.3) is 0 Å². The molecule has 2 N–H and O–H groups in total. The van der Waals surface area contributed by atoms with Crippen molar-refractivity contribution < 1.29 is 14.3 Å². The summed E-state index contributed by atoms with van der Waals surface area (Å²) < 4.78 is 5.22. The third-order valence-corrected chi connectivity index (χ3v) is 2.46. The first kappa shape index (κ1) is 15.3. The molecular formula is C14H22N2O3. The van der Waals surface area contributed by atoms with Gasteiger partial charge in [-0.25, -0.2) is 4.79 Å². The smallest absolute Gasteiger partial charge is 0.408 e. The van der Waals surface area contributed by atoms with Crippen molar-refractivity contribution in [3.05, 3.63) is 23.4 Å². The molecule has 0 fully saturated rings. The minimum absolute atomic E-state index is 0.157. The Morgan fingerprint density at radius 3 is 2.47 bits per heavy atom. The maximum absolute atomic E-state index is 11.8. The molecule has 1 aliphatic rings. The van der Waals surface area contributed by atoms with Gasteiger partial charge in [-0.15, -0.1) is 0 Å². The third-order valence-electron chi connectivity index (χ3n) is 2.46. The first-order valence-electron chi connectivity index (χ1n) is 6.32. The standard InChI is InChI=1S/C14H22N2O3/c1-9-6-7-11(15-10(2)17)12(8-9)16-13(18)19-14(3,4)5/h6-7,12H,8H2,1-5H3,(H,15,17)(H,16,18). The average molecular weight is 266 g/mol. The Hall–Kier alpha value is -1.78. The highest BCUT2D eigenvalue weighted by atomic mass is 16.6. The molecule has 1 atom stereocenters. The Labute approximate surface area is 114 Å². The van der Waals surface area contributed by atoms with E-state index in [4.69, 9.17) is 4.74 Å². The molecule has 0 aliphatic heterocycles. The maximum Gasteiger partial charge on any atom is 0.408 e. The molecule has 0 saturated heterocycles. The van der Waals surface area contributed by atoms with Gasteiger partial charge < -0.3 is 15.4 Å². The van der Waals surface area contributed by atoms with Crippen molar-refractivity contribution in [1.29, 1.82) is 0 Å². The van der Waals surface area contributed by atoms with Crippen molar-refractivity contribution in [1.82, 2.24) is 10.6 Å². The molecule has 0 aromatic heterocycles. The quantitative estimate of drug-likeness (QED) is 0.805. The van der Waals surface area contributed by atoms with Gasteiger partial charge in [-0.2, -0.15) is 0 Å². The van der Waals surface area contributed by atoms with E-state index in [2.05, 4.69) is 10.6 Å². The molecule has 5 heteroatoms. The molecule has 0 radical (unpaired) electrons. The number of allylic oxidation sites excluding steroid dienone is 2. The Morgan fingerprint density at radius 2 is 1.95 bits per heavy atom. The van der Waals surface area contributed by atoms with E-state index < -0.39 is 11.7 Å². The van der Waals surface area contributed by atoms with Crippen molar-refractivity contribution in [2.45, 2.75) is 52.7 Å². The molecule has 0 bridgehead atoms. The van der Waals surface area contributed by atoms with E-state index in [1.165, 1.54) is 6.92 Å². The Morgan fingerprint density at radius 1 is 1.32 bits per heavy atom. The number of rotatable bonds is 2. The highest BCUT2D eigenvalue weighted by Crippen LogP contribution is 2.18. The lowest BCUT2D eigenvalue weighted by molar-refractivity contribution is -0.118. The van der Waals surface area contributed by atoms with Crippen LogP contribution in [0.15, 0.2) is 23.4 Å². The van der Waals surface area contributed by atoms with Crippen LogP contribution < -0.4 is 10.6 Å². The molecule has 0 spiro atoms. The predicted molar refractivity (Wildman–Crippen MR) is 73.4 cm³/mol. The van der Waals surface area contributed by atoms with Crippen molar-refractivity contribution in [2.75, 3.05) is 0 Å². The zero-order valence-electron chi connectivity index (χ0n) is 12.2. The molecule has 1 aliphatic carbocycles. The molecule has 1 rings (SSSR count). The van der Waals surface area contributed by atoms with Crippen LogP contribution in [0.4, 0.5) is 4.79 Å². The summed E-state index contributed by atoms with van der Waals surface area (Å²) in [5.41, 5.74) is 1.28. The van der Waals surface area contributed by atoms with Crippen LogP contribution in [-0.4, -0.2) is 23.6 Å². The number of nitrogens with one attached hydrogen (secondary N) is 2. The molecule has 1 unspecified atom stereocenters. The summed E-state index contributed by atoms with van der Waals surface area (Å²) >= 11 is 0. The van der Waals surface area contributed by atoms with E-state index >= 15 is 0 Å². The number of amides is 2. The highest BCUT2D eigenvalue weighted by molar-refractivity contribution is 5.76. The van der Waals surface area contributed by atoms with Crippen LogP contribution in [0, 0.1) is 0 Å². The number of hydrogen-bond acceptors (Lipinski definition) is 3. The topological polar surface area (TPSA) is 67.4 Å². The second-order valence-corrected chi connectivity index (χ2v) is 5.72. The monoisotopic (exact) mass is 266 g/mol. The second kappa shape index (κ2) is 5.91. The molecule has 0 heterocycles. The molecule has 106 valence electrons. The van der Waals surface area contributed by atoms with Crippen LogP contribution in [0.2, 0.25) is 0 Å². The van der Waals surface area contributed by atoms with Gasteiger partial charge in [0.05, 0.1) is 6.04 Å². The van der Waals surface area contributed by atoms with Gasteiger partial charge >= 0.3 is 6.09 Å². The van der Waals surface area contributed by atoms with Crippen LogP contribution in [0.3, 0.4) is 0 Å². The summed E-state index contributed by atoms with van der Waals surface area (Å²) in [5, 5.41) is 5.50. The molecule has 2 amide bonds. The van der Waals surface area contributed by atoms with Gasteiger partial charge in [-0.05, 0) is 40.2 Å².